The maximum atomic E-state index is 12.3. The molecule has 0 aliphatic carbocycles. The van der Waals surface area contributed by atoms with Crippen LogP contribution < -0.4 is 0 Å². The molecule has 1 aliphatic heterocycles. The van der Waals surface area contributed by atoms with Crippen LogP contribution >= 0.6 is 11.3 Å². The first-order valence-corrected chi connectivity index (χ1v) is 8.86. The fourth-order valence-corrected chi connectivity index (χ4v) is 3.97. The highest BCUT2D eigenvalue weighted by atomic mass is 32.1. The number of amides is 1. The first-order chi connectivity index (χ1) is 11.1. The third-order valence-electron chi connectivity index (χ3n) is 4.40. The number of hydrogen-bond acceptors (Lipinski definition) is 5. The Morgan fingerprint density at radius 3 is 3.13 bits per heavy atom. The molecule has 0 spiro atoms. The molecule has 3 rings (SSSR count). The summed E-state index contributed by atoms with van der Waals surface area (Å²) in [5, 5.41) is 0. The number of hydrogen-bond donors (Lipinski definition) is 0. The quantitative estimate of drug-likeness (QED) is 0.815. The van der Waals surface area contributed by atoms with E-state index >= 15 is 0 Å². The van der Waals surface area contributed by atoms with Gasteiger partial charge in [-0.15, -0.1) is 11.3 Å². The number of aryl methyl sites for hydroxylation is 1. The molecule has 23 heavy (non-hydrogen) atoms. The fraction of sp³-hybridized carbons (Fsp3) is 0.529. The Hall–Kier alpha value is -1.66. The average molecular weight is 333 g/mol. The molecule has 2 aromatic heterocycles. The van der Waals surface area contributed by atoms with Gasteiger partial charge in [0.15, 0.2) is 0 Å². The van der Waals surface area contributed by atoms with Crippen molar-refractivity contribution < 1.29 is 9.21 Å². The lowest BCUT2D eigenvalue weighted by Gasteiger charge is -2.21. The van der Waals surface area contributed by atoms with E-state index in [1.807, 2.05) is 16.5 Å². The van der Waals surface area contributed by atoms with Gasteiger partial charge >= 0.3 is 0 Å². The molecule has 0 bridgehead atoms. The number of carbonyl (C=O) groups excluding carboxylic acids is 1. The average Bonchev–Trinajstić information content (AvgIpc) is 3.23. The normalized spacial score (nSPS) is 18.0. The lowest BCUT2D eigenvalue weighted by molar-refractivity contribution is -0.129. The molecular formula is C17H23N3O2S. The van der Waals surface area contributed by atoms with Gasteiger partial charge in [-0.1, -0.05) is 0 Å². The van der Waals surface area contributed by atoms with Crippen molar-refractivity contribution in [3.63, 3.8) is 0 Å². The predicted molar refractivity (Wildman–Crippen MR) is 90.3 cm³/mol. The Kier molecular flexibility index (Phi) is 5.13. The van der Waals surface area contributed by atoms with Gasteiger partial charge in [0.1, 0.15) is 0 Å². The first-order valence-electron chi connectivity index (χ1n) is 7.98. The molecule has 1 atom stereocenters. The summed E-state index contributed by atoms with van der Waals surface area (Å²) in [5.74, 6) is 0.761. The van der Waals surface area contributed by atoms with E-state index < -0.39 is 0 Å². The van der Waals surface area contributed by atoms with Gasteiger partial charge in [0.25, 0.3) is 0 Å². The number of aromatic nitrogens is 1. The second kappa shape index (κ2) is 7.27. The Morgan fingerprint density at radius 1 is 1.57 bits per heavy atom. The van der Waals surface area contributed by atoms with Crippen molar-refractivity contribution in [2.24, 2.45) is 5.92 Å². The van der Waals surface area contributed by atoms with E-state index in [0.29, 0.717) is 12.3 Å². The molecule has 0 radical (unpaired) electrons. The molecule has 1 fully saturated rings. The second-order valence-electron chi connectivity index (χ2n) is 6.36. The van der Waals surface area contributed by atoms with E-state index in [0.717, 1.165) is 43.9 Å². The summed E-state index contributed by atoms with van der Waals surface area (Å²) < 4.78 is 5.03. The predicted octanol–water partition coefficient (Wildman–Crippen LogP) is 2.57. The van der Waals surface area contributed by atoms with Crippen molar-refractivity contribution >= 4 is 17.2 Å². The van der Waals surface area contributed by atoms with Crippen molar-refractivity contribution in [1.82, 2.24) is 14.8 Å². The van der Waals surface area contributed by atoms with E-state index in [9.17, 15) is 4.79 Å². The standard InChI is InChI=1S/C17H23N3O2S/c1-13-16(23-12-18-13)10-19(2)8-15-3-5-20(9-15)17(21)7-14-4-6-22-11-14/h4,6,11-12,15H,3,5,7-10H2,1-2H3/t15-/m0/s1. The van der Waals surface area contributed by atoms with Crippen LogP contribution in [0, 0.1) is 12.8 Å². The van der Waals surface area contributed by atoms with Crippen molar-refractivity contribution in [3.05, 3.63) is 40.2 Å². The molecule has 6 heteroatoms. The van der Waals surface area contributed by atoms with Crippen molar-refractivity contribution in [2.45, 2.75) is 26.3 Å². The van der Waals surface area contributed by atoms with Crippen molar-refractivity contribution in [2.75, 3.05) is 26.7 Å². The molecule has 0 saturated carbocycles. The zero-order valence-corrected chi connectivity index (χ0v) is 14.5. The van der Waals surface area contributed by atoms with E-state index in [-0.39, 0.29) is 5.91 Å². The fourth-order valence-electron chi connectivity index (χ4n) is 3.12. The molecule has 0 N–H and O–H groups in total. The van der Waals surface area contributed by atoms with Crippen LogP contribution in [-0.4, -0.2) is 47.4 Å². The number of rotatable bonds is 6. The van der Waals surface area contributed by atoms with Gasteiger partial charge in [-0.25, -0.2) is 4.98 Å². The summed E-state index contributed by atoms with van der Waals surface area (Å²) in [7, 11) is 2.15. The van der Waals surface area contributed by atoms with Gasteiger partial charge < -0.3 is 14.2 Å². The van der Waals surface area contributed by atoms with Crippen molar-refractivity contribution in [1.29, 1.82) is 0 Å². The molecule has 1 aliphatic rings. The summed E-state index contributed by atoms with van der Waals surface area (Å²) in [6.45, 7) is 5.76. The molecule has 0 unspecified atom stereocenters. The monoisotopic (exact) mass is 333 g/mol. The SMILES string of the molecule is Cc1ncsc1CN(C)C[C@@H]1CCN(C(=O)Cc2ccoc2)C1. The van der Waals surface area contributed by atoms with Crippen LogP contribution in [-0.2, 0) is 17.8 Å². The third kappa shape index (κ3) is 4.20. The van der Waals surface area contributed by atoms with Crippen LogP contribution in [0.1, 0.15) is 22.6 Å². The smallest absolute Gasteiger partial charge is 0.227 e. The summed E-state index contributed by atoms with van der Waals surface area (Å²) in [6.07, 6.45) is 4.80. The molecule has 0 aromatic carbocycles. The largest absolute Gasteiger partial charge is 0.472 e. The molecule has 1 amide bonds. The number of nitrogens with zero attached hydrogens (tertiary/aromatic N) is 3. The Balaban J connectivity index is 1.46. The van der Waals surface area contributed by atoms with Gasteiger partial charge in [-0.2, -0.15) is 0 Å². The van der Waals surface area contributed by atoms with Crippen LogP contribution in [0.25, 0.3) is 0 Å². The van der Waals surface area contributed by atoms with Gasteiger partial charge in [0.2, 0.25) is 5.91 Å². The summed E-state index contributed by atoms with van der Waals surface area (Å²) in [5.41, 5.74) is 3.99. The molecule has 5 nitrogen and oxygen atoms in total. The van der Waals surface area contributed by atoms with Crippen LogP contribution in [0.4, 0.5) is 0 Å². The number of furan rings is 1. The minimum absolute atomic E-state index is 0.204. The summed E-state index contributed by atoms with van der Waals surface area (Å²) in [6, 6.07) is 1.86. The molecule has 3 heterocycles. The summed E-state index contributed by atoms with van der Waals surface area (Å²) in [4.78, 5) is 22.3. The zero-order valence-electron chi connectivity index (χ0n) is 13.7. The zero-order chi connectivity index (χ0) is 16.2. The van der Waals surface area contributed by atoms with Crippen LogP contribution in [0.5, 0.6) is 0 Å². The van der Waals surface area contributed by atoms with Crippen molar-refractivity contribution in [3.8, 4) is 0 Å². The second-order valence-corrected chi connectivity index (χ2v) is 7.30. The first kappa shape index (κ1) is 16.2. The lowest BCUT2D eigenvalue weighted by Crippen LogP contribution is -2.32. The molecule has 1 saturated heterocycles. The van der Waals surface area contributed by atoms with E-state index in [1.54, 1.807) is 23.9 Å². The van der Waals surface area contributed by atoms with Crippen LogP contribution in [0.3, 0.4) is 0 Å². The van der Waals surface area contributed by atoms with E-state index in [2.05, 4.69) is 23.9 Å². The summed E-state index contributed by atoms with van der Waals surface area (Å²) >= 11 is 1.72. The Morgan fingerprint density at radius 2 is 2.43 bits per heavy atom. The Labute approximate surface area is 140 Å². The molecular weight excluding hydrogens is 310 g/mol. The van der Waals surface area contributed by atoms with Gasteiger partial charge in [0, 0.05) is 31.1 Å². The van der Waals surface area contributed by atoms with Gasteiger partial charge in [0.05, 0.1) is 30.2 Å². The van der Waals surface area contributed by atoms with E-state index in [1.165, 1.54) is 4.88 Å². The maximum absolute atomic E-state index is 12.3. The van der Waals surface area contributed by atoms with Crippen LogP contribution in [0.15, 0.2) is 28.5 Å². The number of carbonyl (C=O) groups is 1. The highest BCUT2D eigenvalue weighted by Gasteiger charge is 2.27. The Bertz CT molecular complexity index is 638. The minimum Gasteiger partial charge on any atom is -0.472 e. The lowest BCUT2D eigenvalue weighted by atomic mass is 10.1. The highest BCUT2D eigenvalue weighted by Crippen LogP contribution is 2.20. The third-order valence-corrected chi connectivity index (χ3v) is 5.32. The topological polar surface area (TPSA) is 49.6 Å². The maximum Gasteiger partial charge on any atom is 0.227 e. The highest BCUT2D eigenvalue weighted by molar-refractivity contribution is 7.09. The number of thiazole rings is 1. The minimum atomic E-state index is 0.204. The molecule has 124 valence electrons. The van der Waals surface area contributed by atoms with E-state index in [4.69, 9.17) is 4.42 Å². The van der Waals surface area contributed by atoms with Crippen LogP contribution in [0.2, 0.25) is 0 Å². The van der Waals surface area contributed by atoms with Gasteiger partial charge in [-0.05, 0) is 37.9 Å². The van der Waals surface area contributed by atoms with Gasteiger partial charge in [-0.3, -0.25) is 4.79 Å². The molecule has 2 aromatic rings. The number of likely N-dealkylation sites (tertiary alicyclic amines) is 1.